The van der Waals surface area contributed by atoms with Crippen LogP contribution < -0.4 is 9.47 Å². The number of hydrogen-bond acceptors (Lipinski definition) is 9. The first-order valence-electron chi connectivity index (χ1n) is 12.1. The van der Waals surface area contributed by atoms with Gasteiger partial charge in [-0.25, -0.2) is 4.79 Å². The van der Waals surface area contributed by atoms with E-state index in [0.29, 0.717) is 34.5 Å². The van der Waals surface area contributed by atoms with E-state index in [9.17, 15) is 15.0 Å². The summed E-state index contributed by atoms with van der Waals surface area (Å²) >= 11 is 7.33. The molecule has 9 nitrogen and oxygen atoms in total. The number of aryl methyl sites for hydroxylation is 1. The topological polar surface area (TPSA) is 116 Å². The summed E-state index contributed by atoms with van der Waals surface area (Å²) in [7, 11) is 3.14. The van der Waals surface area contributed by atoms with E-state index >= 15 is 0 Å². The maximum absolute atomic E-state index is 13.3. The third-order valence-electron chi connectivity index (χ3n) is 7.04. The number of aliphatic hydroxyl groups excluding tert-OH is 1. The van der Waals surface area contributed by atoms with Crippen molar-refractivity contribution in [2.45, 2.75) is 75.6 Å². The second kappa shape index (κ2) is 10.8. The molecule has 1 aromatic heterocycles. The molecular formula is C25H32ClN3O6S. The van der Waals surface area contributed by atoms with E-state index in [1.165, 1.54) is 4.57 Å². The van der Waals surface area contributed by atoms with Crippen LogP contribution in [0.2, 0.25) is 5.02 Å². The molecular weight excluding hydrogens is 506 g/mol. The quantitative estimate of drug-likeness (QED) is 0.394. The lowest BCUT2D eigenvalue weighted by Crippen LogP contribution is -2.45. The van der Waals surface area contributed by atoms with Crippen LogP contribution >= 0.6 is 23.4 Å². The number of carbonyl (C=O) groups is 1. The Hall–Kier alpha value is -2.59. The number of aromatic hydroxyl groups is 1. The molecule has 1 atom stereocenters. The van der Waals surface area contributed by atoms with Crippen molar-refractivity contribution in [3.63, 3.8) is 0 Å². The molecule has 1 aromatic carbocycles. The maximum Gasteiger partial charge on any atom is 0.349 e. The van der Waals surface area contributed by atoms with Gasteiger partial charge in [0.1, 0.15) is 27.8 Å². The van der Waals surface area contributed by atoms with Gasteiger partial charge in [0, 0.05) is 18.5 Å². The number of cyclic esters (lactones) is 1. The SMILES string of the molecule is COc1cc(OC)c(CCC2(C3CCCC3)CC(O)=C(Sc3nnc(O)n3C(C)C)C(=O)O2)cc1Cl. The van der Waals surface area contributed by atoms with Crippen LogP contribution in [0.3, 0.4) is 0 Å². The van der Waals surface area contributed by atoms with Gasteiger partial charge in [-0.2, -0.15) is 0 Å². The minimum atomic E-state index is -0.840. The summed E-state index contributed by atoms with van der Waals surface area (Å²) in [6.45, 7) is 3.73. The molecule has 0 amide bonds. The summed E-state index contributed by atoms with van der Waals surface area (Å²) in [6.07, 6.45) is 5.24. The van der Waals surface area contributed by atoms with E-state index in [-0.39, 0.29) is 35.1 Å². The average Bonchev–Trinajstić information content (AvgIpc) is 3.50. The fraction of sp³-hybridized carbons (Fsp3) is 0.560. The number of thioether (sulfide) groups is 1. The maximum atomic E-state index is 13.3. The van der Waals surface area contributed by atoms with Crippen LogP contribution in [-0.2, 0) is 16.0 Å². The first-order chi connectivity index (χ1) is 17.2. The number of hydrogen-bond donors (Lipinski definition) is 2. The number of halogens is 1. The van der Waals surface area contributed by atoms with Crippen molar-refractivity contribution in [3.05, 3.63) is 33.4 Å². The minimum Gasteiger partial charge on any atom is -0.511 e. The molecule has 1 unspecified atom stereocenters. The van der Waals surface area contributed by atoms with E-state index in [0.717, 1.165) is 43.0 Å². The number of benzene rings is 1. The zero-order chi connectivity index (χ0) is 26.0. The third-order valence-corrected chi connectivity index (χ3v) is 8.40. The van der Waals surface area contributed by atoms with Crippen LogP contribution in [0.1, 0.15) is 64.0 Å². The molecule has 1 saturated carbocycles. The largest absolute Gasteiger partial charge is 0.511 e. The van der Waals surface area contributed by atoms with Gasteiger partial charge in [0.2, 0.25) is 0 Å². The molecule has 2 aromatic rings. The monoisotopic (exact) mass is 537 g/mol. The van der Waals surface area contributed by atoms with E-state index in [2.05, 4.69) is 10.2 Å². The van der Waals surface area contributed by atoms with Crippen LogP contribution in [0.25, 0.3) is 0 Å². The Morgan fingerprint density at radius 2 is 1.89 bits per heavy atom. The fourth-order valence-corrected chi connectivity index (χ4v) is 6.45. The fourth-order valence-electron chi connectivity index (χ4n) is 5.22. The summed E-state index contributed by atoms with van der Waals surface area (Å²) in [4.78, 5) is 13.4. The molecule has 2 N–H and O–H groups in total. The average molecular weight is 538 g/mol. The lowest BCUT2D eigenvalue weighted by Gasteiger charge is -2.41. The summed E-state index contributed by atoms with van der Waals surface area (Å²) in [5, 5.41) is 29.6. The van der Waals surface area contributed by atoms with Gasteiger partial charge < -0.3 is 24.4 Å². The van der Waals surface area contributed by atoms with Crippen molar-refractivity contribution >= 4 is 29.3 Å². The number of ether oxygens (including phenoxy) is 3. The van der Waals surface area contributed by atoms with Crippen LogP contribution in [0.5, 0.6) is 17.5 Å². The Kier molecular flexibility index (Phi) is 7.94. The predicted molar refractivity (Wildman–Crippen MR) is 136 cm³/mol. The van der Waals surface area contributed by atoms with Gasteiger partial charge in [-0.1, -0.05) is 29.5 Å². The summed E-state index contributed by atoms with van der Waals surface area (Å²) in [6, 6.07) is 3.19. The molecule has 196 valence electrons. The molecule has 0 bridgehead atoms. The highest BCUT2D eigenvalue weighted by molar-refractivity contribution is 8.03. The number of aliphatic hydroxyl groups is 1. The van der Waals surface area contributed by atoms with Gasteiger partial charge in [-0.05, 0) is 68.8 Å². The molecule has 11 heteroatoms. The van der Waals surface area contributed by atoms with Gasteiger partial charge in [0.05, 0.1) is 19.2 Å². The highest BCUT2D eigenvalue weighted by Crippen LogP contribution is 2.48. The van der Waals surface area contributed by atoms with Crippen molar-refractivity contribution in [1.29, 1.82) is 0 Å². The molecule has 2 aliphatic rings. The summed E-state index contributed by atoms with van der Waals surface area (Å²) < 4.78 is 18.5. The molecule has 1 fully saturated rings. The summed E-state index contributed by atoms with van der Waals surface area (Å²) in [5.41, 5.74) is 0.0355. The first kappa shape index (κ1) is 26.5. The van der Waals surface area contributed by atoms with Crippen LogP contribution in [0.4, 0.5) is 0 Å². The molecule has 36 heavy (non-hydrogen) atoms. The standard InChI is InChI=1S/C25H32ClN3O6S/c1-14(2)29-23(32)27-28-24(29)36-21-18(30)13-25(35-22(21)31,16-7-5-6-8-16)10-9-15-11-17(26)20(34-4)12-19(15)33-3/h11-12,14,16,30H,5-10,13H2,1-4H3,(H,27,32). The zero-order valence-electron chi connectivity index (χ0n) is 20.9. The molecule has 4 rings (SSSR count). The smallest absolute Gasteiger partial charge is 0.349 e. The van der Waals surface area contributed by atoms with Crippen molar-refractivity contribution in [3.8, 4) is 17.5 Å². The highest BCUT2D eigenvalue weighted by atomic mass is 35.5. The van der Waals surface area contributed by atoms with Gasteiger partial charge in [0.25, 0.3) is 0 Å². The normalized spacial score (nSPS) is 20.8. The van der Waals surface area contributed by atoms with Gasteiger partial charge in [0.15, 0.2) is 5.16 Å². The molecule has 0 saturated heterocycles. The number of methoxy groups -OCH3 is 2. The van der Waals surface area contributed by atoms with Gasteiger partial charge in [-0.3, -0.25) is 4.57 Å². The van der Waals surface area contributed by atoms with Crippen molar-refractivity contribution in [1.82, 2.24) is 14.8 Å². The van der Waals surface area contributed by atoms with Gasteiger partial charge in [-0.15, -0.1) is 5.10 Å². The Morgan fingerprint density at radius 3 is 2.50 bits per heavy atom. The van der Waals surface area contributed by atoms with Crippen LogP contribution in [-0.4, -0.2) is 50.8 Å². The van der Waals surface area contributed by atoms with Gasteiger partial charge >= 0.3 is 12.0 Å². The second-order valence-corrected chi connectivity index (χ2v) is 10.9. The van der Waals surface area contributed by atoms with Crippen molar-refractivity contribution < 1.29 is 29.2 Å². The number of carbonyl (C=O) groups excluding carboxylic acids is 1. The summed E-state index contributed by atoms with van der Waals surface area (Å²) in [5.74, 6) is 0.685. The van der Waals surface area contributed by atoms with Crippen molar-refractivity contribution in [2.24, 2.45) is 5.92 Å². The molecule has 1 aliphatic carbocycles. The Balaban J connectivity index is 1.62. The lowest BCUT2D eigenvalue weighted by atomic mass is 9.77. The first-order valence-corrected chi connectivity index (χ1v) is 13.3. The number of nitrogens with zero attached hydrogens (tertiary/aromatic N) is 3. The Bertz CT molecular complexity index is 1160. The van der Waals surface area contributed by atoms with Crippen LogP contribution in [0, 0.1) is 5.92 Å². The number of rotatable bonds is 9. The molecule has 0 radical (unpaired) electrons. The second-order valence-electron chi connectivity index (χ2n) is 9.54. The molecule has 2 heterocycles. The van der Waals surface area contributed by atoms with E-state index in [1.807, 2.05) is 19.9 Å². The van der Waals surface area contributed by atoms with E-state index < -0.39 is 11.6 Å². The number of aromatic nitrogens is 3. The predicted octanol–water partition coefficient (Wildman–Crippen LogP) is 5.61. The molecule has 0 spiro atoms. The van der Waals surface area contributed by atoms with Crippen molar-refractivity contribution in [2.75, 3.05) is 14.2 Å². The zero-order valence-corrected chi connectivity index (χ0v) is 22.5. The minimum absolute atomic E-state index is 0.0272. The van der Waals surface area contributed by atoms with E-state index in [4.69, 9.17) is 25.8 Å². The Labute approximate surface area is 219 Å². The number of esters is 1. The third kappa shape index (κ3) is 5.11. The van der Waals surface area contributed by atoms with Crippen LogP contribution in [0.15, 0.2) is 28.0 Å². The van der Waals surface area contributed by atoms with E-state index in [1.54, 1.807) is 20.3 Å². The molecule has 1 aliphatic heterocycles. The lowest BCUT2D eigenvalue weighted by molar-refractivity contribution is -0.166. The highest BCUT2D eigenvalue weighted by Gasteiger charge is 2.48. The Morgan fingerprint density at radius 1 is 1.19 bits per heavy atom.